The van der Waals surface area contributed by atoms with E-state index < -0.39 is 5.82 Å². The molecule has 1 aromatic rings. The van der Waals surface area contributed by atoms with E-state index in [1.165, 1.54) is 12.1 Å². The fourth-order valence-corrected chi connectivity index (χ4v) is 2.09. The largest absolute Gasteiger partial charge is 0.313 e. The van der Waals surface area contributed by atoms with Gasteiger partial charge in [-0.3, -0.25) is 0 Å². The monoisotopic (exact) mass is 256 g/mol. The van der Waals surface area contributed by atoms with Crippen LogP contribution in [-0.4, -0.2) is 31.6 Å². The molecule has 102 valence electrons. The van der Waals surface area contributed by atoms with Gasteiger partial charge in [-0.25, -0.2) is 8.78 Å². The highest BCUT2D eigenvalue weighted by Crippen LogP contribution is 2.21. The van der Waals surface area contributed by atoms with E-state index in [-0.39, 0.29) is 11.9 Å². The van der Waals surface area contributed by atoms with Gasteiger partial charge in [-0.05, 0) is 51.3 Å². The average Bonchev–Trinajstić information content (AvgIpc) is 2.38. The molecule has 0 spiro atoms. The molecule has 0 aromatic heterocycles. The molecule has 0 heterocycles. The normalized spacial score (nSPS) is 13.0. The maximum atomic E-state index is 13.7. The molecule has 0 bridgehead atoms. The van der Waals surface area contributed by atoms with Gasteiger partial charge >= 0.3 is 0 Å². The van der Waals surface area contributed by atoms with Gasteiger partial charge in [-0.15, -0.1) is 0 Å². The molecular weight excluding hydrogens is 234 g/mol. The third-order valence-corrected chi connectivity index (χ3v) is 3.31. The van der Waals surface area contributed by atoms with Crippen LogP contribution in [0.4, 0.5) is 8.78 Å². The third kappa shape index (κ3) is 4.03. The van der Waals surface area contributed by atoms with E-state index in [1.54, 1.807) is 7.05 Å². The fourth-order valence-electron chi connectivity index (χ4n) is 2.09. The van der Waals surface area contributed by atoms with Crippen LogP contribution in [0.5, 0.6) is 0 Å². The van der Waals surface area contributed by atoms with Crippen LogP contribution in [0.3, 0.4) is 0 Å². The molecular formula is C14H22F2N2. The zero-order chi connectivity index (χ0) is 13.5. The summed E-state index contributed by atoms with van der Waals surface area (Å²) in [5.41, 5.74) is 0.407. The molecule has 0 fully saturated rings. The Morgan fingerprint density at radius 2 is 1.89 bits per heavy atom. The van der Waals surface area contributed by atoms with Crippen molar-refractivity contribution >= 4 is 0 Å². The molecule has 18 heavy (non-hydrogen) atoms. The van der Waals surface area contributed by atoms with Crippen molar-refractivity contribution in [1.29, 1.82) is 0 Å². The van der Waals surface area contributed by atoms with E-state index in [1.807, 2.05) is 0 Å². The van der Waals surface area contributed by atoms with Gasteiger partial charge in [-0.1, -0.05) is 13.8 Å². The summed E-state index contributed by atoms with van der Waals surface area (Å²) in [6, 6.07) is 3.46. The minimum Gasteiger partial charge on any atom is -0.313 e. The van der Waals surface area contributed by atoms with Crippen molar-refractivity contribution in [2.75, 3.05) is 26.7 Å². The molecule has 1 N–H and O–H groups in total. The number of rotatable bonds is 7. The van der Waals surface area contributed by atoms with Gasteiger partial charge in [0, 0.05) is 11.6 Å². The number of halogens is 2. The highest BCUT2D eigenvalue weighted by Gasteiger charge is 2.15. The number of hydrogen-bond acceptors (Lipinski definition) is 2. The molecule has 0 saturated heterocycles. The summed E-state index contributed by atoms with van der Waals surface area (Å²) in [4.78, 5) is 2.27. The summed E-state index contributed by atoms with van der Waals surface area (Å²) in [5.74, 6) is -0.746. The highest BCUT2D eigenvalue weighted by molar-refractivity contribution is 5.22. The molecule has 1 aromatic carbocycles. The molecule has 2 nitrogen and oxygen atoms in total. The van der Waals surface area contributed by atoms with Crippen LogP contribution in [0.15, 0.2) is 18.2 Å². The molecule has 0 saturated carbocycles. The Labute approximate surface area is 108 Å². The maximum absolute atomic E-state index is 13.7. The van der Waals surface area contributed by atoms with Crippen molar-refractivity contribution in [1.82, 2.24) is 10.2 Å². The molecule has 4 heteroatoms. The summed E-state index contributed by atoms with van der Waals surface area (Å²) in [6.45, 7) is 7.01. The van der Waals surface area contributed by atoms with E-state index in [0.29, 0.717) is 5.56 Å². The predicted molar refractivity (Wildman–Crippen MR) is 70.6 cm³/mol. The zero-order valence-electron chi connectivity index (χ0n) is 11.3. The molecule has 0 radical (unpaired) electrons. The number of nitrogens with one attached hydrogen (secondary N) is 1. The second-order valence-electron chi connectivity index (χ2n) is 4.32. The summed E-state index contributed by atoms with van der Waals surface area (Å²) in [7, 11) is 1.78. The van der Waals surface area contributed by atoms with Gasteiger partial charge in [0.05, 0.1) is 0 Å². The minimum absolute atomic E-state index is 0.152. The van der Waals surface area contributed by atoms with Crippen molar-refractivity contribution in [3.8, 4) is 0 Å². The van der Waals surface area contributed by atoms with Crippen LogP contribution in [0.2, 0.25) is 0 Å². The number of nitrogens with zero attached hydrogens (tertiary/aromatic N) is 1. The first-order valence-electron chi connectivity index (χ1n) is 6.46. The lowest BCUT2D eigenvalue weighted by molar-refractivity contribution is 0.283. The van der Waals surface area contributed by atoms with Crippen molar-refractivity contribution in [2.24, 2.45) is 0 Å². The quantitative estimate of drug-likeness (QED) is 0.807. The van der Waals surface area contributed by atoms with Crippen LogP contribution < -0.4 is 5.32 Å². The number of hydrogen-bond donors (Lipinski definition) is 1. The second kappa shape index (κ2) is 7.44. The second-order valence-corrected chi connectivity index (χ2v) is 4.32. The van der Waals surface area contributed by atoms with Gasteiger partial charge in [0.25, 0.3) is 0 Å². The molecule has 1 atom stereocenters. The Balaban J connectivity index is 2.73. The van der Waals surface area contributed by atoms with Crippen molar-refractivity contribution in [3.05, 3.63) is 35.4 Å². The van der Waals surface area contributed by atoms with Crippen LogP contribution in [-0.2, 0) is 0 Å². The Kier molecular flexibility index (Phi) is 6.22. The molecule has 0 aliphatic heterocycles. The van der Waals surface area contributed by atoms with E-state index in [4.69, 9.17) is 0 Å². The molecule has 0 amide bonds. The lowest BCUT2D eigenvalue weighted by Crippen LogP contribution is -2.28. The van der Waals surface area contributed by atoms with E-state index in [0.717, 1.165) is 32.1 Å². The Morgan fingerprint density at radius 1 is 1.22 bits per heavy atom. The summed E-state index contributed by atoms with van der Waals surface area (Å²) < 4.78 is 26.8. The Morgan fingerprint density at radius 3 is 2.44 bits per heavy atom. The first-order chi connectivity index (χ1) is 8.62. The first-order valence-corrected chi connectivity index (χ1v) is 6.46. The molecule has 0 aliphatic carbocycles. The zero-order valence-corrected chi connectivity index (χ0v) is 11.3. The molecule has 1 unspecified atom stereocenters. The topological polar surface area (TPSA) is 15.3 Å². The van der Waals surface area contributed by atoms with Crippen LogP contribution in [0, 0.1) is 11.6 Å². The minimum atomic E-state index is -0.394. The SMILES string of the molecule is CCN(CC)CCC(NC)c1cc(F)ccc1F. The molecule has 1 rings (SSSR count). The lowest BCUT2D eigenvalue weighted by Gasteiger charge is -2.23. The predicted octanol–water partition coefficient (Wildman–Crippen LogP) is 2.96. The van der Waals surface area contributed by atoms with Gasteiger partial charge in [0.1, 0.15) is 11.6 Å². The van der Waals surface area contributed by atoms with Crippen molar-refractivity contribution in [3.63, 3.8) is 0 Å². The van der Waals surface area contributed by atoms with Gasteiger partial charge < -0.3 is 10.2 Å². The summed E-state index contributed by atoms with van der Waals surface area (Å²) in [6.07, 6.45) is 0.762. The van der Waals surface area contributed by atoms with Gasteiger partial charge in [0.2, 0.25) is 0 Å². The van der Waals surface area contributed by atoms with E-state index in [9.17, 15) is 8.78 Å². The Hall–Kier alpha value is -1.00. The van der Waals surface area contributed by atoms with Crippen molar-refractivity contribution in [2.45, 2.75) is 26.3 Å². The van der Waals surface area contributed by atoms with E-state index >= 15 is 0 Å². The van der Waals surface area contributed by atoms with Gasteiger partial charge in [-0.2, -0.15) is 0 Å². The van der Waals surface area contributed by atoms with Crippen molar-refractivity contribution < 1.29 is 8.78 Å². The van der Waals surface area contributed by atoms with Crippen LogP contribution in [0.1, 0.15) is 31.9 Å². The number of benzene rings is 1. The highest BCUT2D eigenvalue weighted by atomic mass is 19.1. The van der Waals surface area contributed by atoms with Gasteiger partial charge in [0.15, 0.2) is 0 Å². The summed E-state index contributed by atoms with van der Waals surface area (Å²) >= 11 is 0. The van der Waals surface area contributed by atoms with Crippen LogP contribution >= 0.6 is 0 Å². The fraction of sp³-hybridized carbons (Fsp3) is 0.571. The maximum Gasteiger partial charge on any atom is 0.128 e. The molecule has 0 aliphatic rings. The van der Waals surface area contributed by atoms with Crippen LogP contribution in [0.25, 0.3) is 0 Å². The smallest absolute Gasteiger partial charge is 0.128 e. The first kappa shape index (κ1) is 15.1. The average molecular weight is 256 g/mol. The standard InChI is InChI=1S/C14H22F2N2/c1-4-18(5-2)9-8-14(17-3)12-10-11(15)6-7-13(12)16/h6-7,10,14,17H,4-5,8-9H2,1-3H3. The Bertz CT molecular complexity index is 365. The lowest BCUT2D eigenvalue weighted by atomic mass is 10.0. The third-order valence-electron chi connectivity index (χ3n) is 3.31. The van der Waals surface area contributed by atoms with E-state index in [2.05, 4.69) is 24.1 Å². The summed E-state index contributed by atoms with van der Waals surface area (Å²) in [5, 5.41) is 3.06.